The number of aryl methyl sites for hydroxylation is 1. The van der Waals surface area contributed by atoms with Crippen LogP contribution in [0.3, 0.4) is 0 Å². The number of carbonyl (C=O) groups excluding carboxylic acids is 1. The third-order valence-electron chi connectivity index (χ3n) is 3.42. The summed E-state index contributed by atoms with van der Waals surface area (Å²) in [6.45, 7) is 2.09. The molecule has 3 aromatic rings. The minimum Gasteiger partial charge on any atom is -0.487 e. The quantitative estimate of drug-likeness (QED) is 0.552. The summed E-state index contributed by atoms with van der Waals surface area (Å²) in [7, 11) is 0. The van der Waals surface area contributed by atoms with E-state index in [9.17, 15) is 4.79 Å². The highest BCUT2D eigenvalue weighted by Gasteiger charge is 2.05. The molecule has 0 aliphatic heterocycles. The maximum absolute atomic E-state index is 11.9. The average Bonchev–Trinajstić information content (AvgIpc) is 3.06. The second-order valence-electron chi connectivity index (χ2n) is 5.22. The van der Waals surface area contributed by atoms with Crippen molar-refractivity contribution in [2.75, 3.05) is 0 Å². The van der Waals surface area contributed by atoms with Crippen molar-refractivity contribution in [3.63, 3.8) is 0 Å². The van der Waals surface area contributed by atoms with Crippen molar-refractivity contribution < 1.29 is 14.2 Å². The van der Waals surface area contributed by atoms with Crippen LogP contribution in [0.5, 0.6) is 5.75 Å². The van der Waals surface area contributed by atoms with E-state index in [-0.39, 0.29) is 12.5 Å². The highest BCUT2D eigenvalue weighted by atomic mass is 16.6. The van der Waals surface area contributed by atoms with E-state index >= 15 is 0 Å². The Morgan fingerprint density at radius 3 is 2.60 bits per heavy atom. The SMILES string of the molecule is Cc1nonc1COc1ccc(/C=N/NC(=O)c2ccccc2)cc1. The van der Waals surface area contributed by atoms with E-state index in [1.807, 2.05) is 30.3 Å². The number of nitrogens with zero attached hydrogens (tertiary/aromatic N) is 3. The van der Waals surface area contributed by atoms with E-state index in [0.29, 0.717) is 22.7 Å². The minimum atomic E-state index is -0.256. The second-order valence-corrected chi connectivity index (χ2v) is 5.22. The van der Waals surface area contributed by atoms with Crippen LogP contribution in [0.25, 0.3) is 0 Å². The van der Waals surface area contributed by atoms with Crippen molar-refractivity contribution in [3.05, 3.63) is 77.1 Å². The van der Waals surface area contributed by atoms with Crippen molar-refractivity contribution in [2.24, 2.45) is 5.10 Å². The molecule has 7 nitrogen and oxygen atoms in total. The molecule has 0 aliphatic carbocycles. The first kappa shape index (κ1) is 16.4. The lowest BCUT2D eigenvalue weighted by atomic mass is 10.2. The smallest absolute Gasteiger partial charge is 0.271 e. The highest BCUT2D eigenvalue weighted by molar-refractivity contribution is 5.94. The number of nitrogens with one attached hydrogen (secondary N) is 1. The summed E-state index contributed by atoms with van der Waals surface area (Å²) in [6, 6.07) is 16.2. The summed E-state index contributed by atoms with van der Waals surface area (Å²) in [6.07, 6.45) is 1.57. The zero-order valence-corrected chi connectivity index (χ0v) is 13.5. The van der Waals surface area contributed by atoms with Gasteiger partial charge in [-0.15, -0.1) is 0 Å². The van der Waals surface area contributed by atoms with Crippen LogP contribution in [0.4, 0.5) is 0 Å². The van der Waals surface area contributed by atoms with Gasteiger partial charge in [0.05, 0.1) is 6.21 Å². The number of hydrogen-bond donors (Lipinski definition) is 1. The summed E-state index contributed by atoms with van der Waals surface area (Å²) in [4.78, 5) is 11.9. The number of hydrogen-bond acceptors (Lipinski definition) is 6. The van der Waals surface area contributed by atoms with Crippen LogP contribution in [-0.2, 0) is 6.61 Å². The lowest BCUT2D eigenvalue weighted by molar-refractivity contribution is 0.0955. The van der Waals surface area contributed by atoms with Crippen LogP contribution in [-0.4, -0.2) is 22.4 Å². The van der Waals surface area contributed by atoms with Crippen molar-refractivity contribution in [1.29, 1.82) is 0 Å². The van der Waals surface area contributed by atoms with Gasteiger partial charge >= 0.3 is 0 Å². The zero-order valence-electron chi connectivity index (χ0n) is 13.5. The van der Waals surface area contributed by atoms with Gasteiger partial charge in [-0.2, -0.15) is 5.10 Å². The molecule has 0 aliphatic rings. The maximum atomic E-state index is 11.9. The lowest BCUT2D eigenvalue weighted by Crippen LogP contribution is -2.17. The Balaban J connectivity index is 1.52. The molecular weight excluding hydrogens is 320 g/mol. The molecule has 1 aromatic heterocycles. The van der Waals surface area contributed by atoms with Crippen molar-refractivity contribution in [2.45, 2.75) is 13.5 Å². The average molecular weight is 336 g/mol. The zero-order chi connectivity index (χ0) is 17.5. The summed E-state index contributed by atoms with van der Waals surface area (Å²) in [5.41, 5.74) is 5.24. The molecule has 1 heterocycles. The molecule has 126 valence electrons. The van der Waals surface area contributed by atoms with Gasteiger partial charge in [0, 0.05) is 5.56 Å². The van der Waals surface area contributed by atoms with Crippen LogP contribution in [0, 0.1) is 6.92 Å². The summed E-state index contributed by atoms with van der Waals surface area (Å²) in [5.74, 6) is 0.432. The monoisotopic (exact) mass is 336 g/mol. The van der Waals surface area contributed by atoms with Crippen molar-refractivity contribution >= 4 is 12.1 Å². The Kier molecular flexibility index (Phi) is 5.16. The molecule has 0 spiro atoms. The van der Waals surface area contributed by atoms with Crippen LogP contribution in [0.15, 0.2) is 64.3 Å². The number of carbonyl (C=O) groups is 1. The molecule has 0 atom stereocenters. The highest BCUT2D eigenvalue weighted by Crippen LogP contribution is 2.13. The van der Waals surface area contributed by atoms with Gasteiger partial charge in [-0.25, -0.2) is 10.1 Å². The summed E-state index contributed by atoms with van der Waals surface area (Å²) >= 11 is 0. The predicted molar refractivity (Wildman–Crippen MR) is 91.3 cm³/mol. The second kappa shape index (κ2) is 7.87. The number of benzene rings is 2. The molecule has 0 radical (unpaired) electrons. The Morgan fingerprint density at radius 2 is 1.92 bits per heavy atom. The molecule has 0 unspecified atom stereocenters. The van der Waals surface area contributed by atoms with Crippen LogP contribution < -0.4 is 10.2 Å². The Hall–Kier alpha value is -3.48. The van der Waals surface area contributed by atoms with Gasteiger partial charge in [-0.1, -0.05) is 28.5 Å². The van der Waals surface area contributed by atoms with Crippen LogP contribution in [0.1, 0.15) is 27.3 Å². The molecule has 0 fully saturated rings. The first-order valence-corrected chi connectivity index (χ1v) is 7.62. The molecule has 2 aromatic carbocycles. The third-order valence-corrected chi connectivity index (χ3v) is 3.42. The molecule has 0 saturated carbocycles. The molecular formula is C18H16N4O3. The number of ether oxygens (including phenoxy) is 1. The summed E-state index contributed by atoms with van der Waals surface area (Å²) < 4.78 is 10.2. The minimum absolute atomic E-state index is 0.256. The molecule has 0 bridgehead atoms. The normalized spacial score (nSPS) is 10.8. The lowest BCUT2D eigenvalue weighted by Gasteiger charge is -2.04. The standard InChI is InChI=1S/C18H16N4O3/c1-13-17(22-25-21-13)12-24-16-9-7-14(8-10-16)11-19-20-18(23)15-5-3-2-4-6-15/h2-11H,12H2,1H3,(H,20,23)/b19-11+. The number of hydrazone groups is 1. The number of aromatic nitrogens is 2. The molecule has 1 amide bonds. The van der Waals surface area contributed by atoms with E-state index in [2.05, 4.69) is 25.5 Å². The largest absolute Gasteiger partial charge is 0.487 e. The first-order chi connectivity index (χ1) is 12.2. The van der Waals surface area contributed by atoms with Gasteiger partial charge in [0.25, 0.3) is 5.91 Å². The van der Waals surface area contributed by atoms with Crippen molar-refractivity contribution in [3.8, 4) is 5.75 Å². The van der Waals surface area contributed by atoms with Crippen LogP contribution in [0.2, 0.25) is 0 Å². The Bertz CT molecular complexity index is 858. The van der Waals surface area contributed by atoms with Crippen molar-refractivity contribution in [1.82, 2.24) is 15.7 Å². The van der Waals surface area contributed by atoms with Gasteiger partial charge in [0.2, 0.25) is 0 Å². The molecule has 3 rings (SSSR count). The van der Waals surface area contributed by atoms with E-state index in [0.717, 1.165) is 5.56 Å². The topological polar surface area (TPSA) is 89.6 Å². The van der Waals surface area contributed by atoms with E-state index < -0.39 is 0 Å². The van der Waals surface area contributed by atoms with E-state index in [4.69, 9.17) is 4.74 Å². The van der Waals surface area contributed by atoms with Crippen LogP contribution >= 0.6 is 0 Å². The summed E-state index contributed by atoms with van der Waals surface area (Å²) in [5, 5.41) is 11.4. The van der Waals surface area contributed by atoms with Gasteiger partial charge in [-0.05, 0) is 48.9 Å². The molecule has 1 N–H and O–H groups in total. The van der Waals surface area contributed by atoms with Gasteiger partial charge < -0.3 is 4.74 Å². The predicted octanol–water partition coefficient (Wildman–Crippen LogP) is 2.72. The number of rotatable bonds is 6. The maximum Gasteiger partial charge on any atom is 0.271 e. The molecule has 25 heavy (non-hydrogen) atoms. The fourth-order valence-corrected chi connectivity index (χ4v) is 2.00. The van der Waals surface area contributed by atoms with Gasteiger partial charge in [-0.3, -0.25) is 4.79 Å². The Morgan fingerprint density at radius 1 is 1.16 bits per heavy atom. The Labute approximate surface area is 144 Å². The fourth-order valence-electron chi connectivity index (χ4n) is 2.00. The first-order valence-electron chi connectivity index (χ1n) is 7.62. The fraction of sp³-hybridized carbons (Fsp3) is 0.111. The molecule has 7 heteroatoms. The van der Waals surface area contributed by atoms with E-state index in [1.54, 1.807) is 37.4 Å². The van der Waals surface area contributed by atoms with Gasteiger partial charge in [0.15, 0.2) is 0 Å². The molecule has 0 saturated heterocycles. The number of amides is 1. The third kappa shape index (κ3) is 4.51. The van der Waals surface area contributed by atoms with E-state index in [1.165, 1.54) is 0 Å². The van der Waals surface area contributed by atoms with Gasteiger partial charge in [0.1, 0.15) is 23.7 Å².